The van der Waals surface area contributed by atoms with Gasteiger partial charge in [-0.05, 0) is 46.6 Å². The summed E-state index contributed by atoms with van der Waals surface area (Å²) in [6, 6.07) is 8.12. The lowest BCUT2D eigenvalue weighted by Crippen LogP contribution is -2.14. The number of rotatable bonds is 2. The fourth-order valence-electron chi connectivity index (χ4n) is 1.85. The zero-order chi connectivity index (χ0) is 14.2. The Kier molecular flexibility index (Phi) is 4.66. The fraction of sp³-hybridized carbons (Fsp3) is 0.143. The molecular weight excluding hydrogens is 396 g/mol. The molecule has 0 amide bonds. The number of benzene rings is 2. The molecule has 0 aliphatic carbocycles. The predicted octanol–water partition coefficient (Wildman–Crippen LogP) is 5.36. The third-order valence-corrected chi connectivity index (χ3v) is 4.78. The number of hydrogen-bond acceptors (Lipinski definition) is 1. The summed E-state index contributed by atoms with van der Waals surface area (Å²) in [5.41, 5.74) is 8.43. The van der Waals surface area contributed by atoms with Crippen molar-refractivity contribution in [1.82, 2.24) is 0 Å². The number of aryl methyl sites for hydroxylation is 1. The first-order chi connectivity index (χ1) is 8.90. The van der Waals surface area contributed by atoms with Crippen molar-refractivity contribution >= 4 is 43.5 Å². The van der Waals surface area contributed by atoms with Crippen molar-refractivity contribution in [2.24, 2.45) is 5.73 Å². The third kappa shape index (κ3) is 3.19. The molecule has 19 heavy (non-hydrogen) atoms. The van der Waals surface area contributed by atoms with Gasteiger partial charge in [-0.2, -0.15) is 0 Å². The van der Waals surface area contributed by atoms with Gasteiger partial charge in [0.25, 0.3) is 0 Å². The van der Waals surface area contributed by atoms with Crippen LogP contribution in [0.4, 0.5) is 4.39 Å². The predicted molar refractivity (Wildman–Crippen MR) is 84.0 cm³/mol. The van der Waals surface area contributed by atoms with E-state index in [1.54, 1.807) is 6.07 Å². The lowest BCUT2D eigenvalue weighted by molar-refractivity contribution is 0.598. The van der Waals surface area contributed by atoms with Crippen LogP contribution in [0.2, 0.25) is 5.02 Å². The van der Waals surface area contributed by atoms with Crippen LogP contribution in [0, 0.1) is 12.7 Å². The maximum Gasteiger partial charge on any atom is 0.129 e. The number of hydrogen-bond donors (Lipinski definition) is 1. The fourth-order valence-corrected chi connectivity index (χ4v) is 2.83. The summed E-state index contributed by atoms with van der Waals surface area (Å²) in [6.45, 7) is 1.97. The van der Waals surface area contributed by atoms with Gasteiger partial charge in [-0.3, -0.25) is 0 Å². The van der Waals surface area contributed by atoms with Crippen LogP contribution >= 0.6 is 43.5 Å². The van der Waals surface area contributed by atoms with Gasteiger partial charge in [-0.25, -0.2) is 4.39 Å². The average Bonchev–Trinajstić information content (AvgIpc) is 2.36. The molecule has 0 aliphatic rings. The van der Waals surface area contributed by atoms with Crippen molar-refractivity contribution in [3.63, 3.8) is 0 Å². The van der Waals surface area contributed by atoms with E-state index in [9.17, 15) is 4.39 Å². The summed E-state index contributed by atoms with van der Waals surface area (Å²) in [6.07, 6.45) is 0. The largest absolute Gasteiger partial charge is 0.320 e. The van der Waals surface area contributed by atoms with Crippen molar-refractivity contribution < 1.29 is 4.39 Å². The molecule has 1 nitrogen and oxygen atoms in total. The van der Waals surface area contributed by atoms with Crippen LogP contribution < -0.4 is 5.73 Å². The normalized spacial score (nSPS) is 12.5. The SMILES string of the molecule is Cc1ccc(Br)c(C(N)c2cc(Cl)c(Br)cc2F)c1. The molecule has 2 rings (SSSR count). The molecule has 1 atom stereocenters. The van der Waals surface area contributed by atoms with E-state index in [1.807, 2.05) is 25.1 Å². The van der Waals surface area contributed by atoms with Gasteiger partial charge in [0.1, 0.15) is 5.82 Å². The van der Waals surface area contributed by atoms with E-state index in [0.29, 0.717) is 15.1 Å². The number of halogens is 4. The van der Waals surface area contributed by atoms with Crippen LogP contribution in [0.3, 0.4) is 0 Å². The molecule has 100 valence electrons. The topological polar surface area (TPSA) is 26.0 Å². The Labute approximate surface area is 133 Å². The molecule has 2 aromatic rings. The zero-order valence-corrected chi connectivity index (χ0v) is 14.0. The van der Waals surface area contributed by atoms with Crippen molar-refractivity contribution in [3.8, 4) is 0 Å². The Morgan fingerprint density at radius 1 is 1.11 bits per heavy atom. The summed E-state index contributed by atoms with van der Waals surface area (Å²) in [4.78, 5) is 0. The first kappa shape index (κ1) is 15.0. The van der Waals surface area contributed by atoms with Gasteiger partial charge in [0.05, 0.1) is 11.1 Å². The quantitative estimate of drug-likeness (QED) is 0.667. The molecule has 0 aromatic heterocycles. The molecule has 0 saturated heterocycles. The highest BCUT2D eigenvalue weighted by atomic mass is 79.9. The zero-order valence-electron chi connectivity index (χ0n) is 10.1. The van der Waals surface area contributed by atoms with Crippen molar-refractivity contribution in [2.75, 3.05) is 0 Å². The molecule has 0 spiro atoms. The molecule has 0 bridgehead atoms. The van der Waals surface area contributed by atoms with E-state index in [-0.39, 0.29) is 5.82 Å². The second-order valence-corrected chi connectivity index (χ2v) is 6.41. The minimum absolute atomic E-state index is 0.375. The first-order valence-electron chi connectivity index (χ1n) is 5.56. The van der Waals surface area contributed by atoms with E-state index in [1.165, 1.54) is 6.07 Å². The third-order valence-electron chi connectivity index (χ3n) is 2.86. The number of nitrogens with two attached hydrogens (primary N) is 1. The highest BCUT2D eigenvalue weighted by Gasteiger charge is 2.18. The minimum atomic E-state index is -0.570. The molecule has 5 heteroatoms. The van der Waals surface area contributed by atoms with Gasteiger partial charge >= 0.3 is 0 Å². The Bertz CT molecular complexity index is 631. The van der Waals surface area contributed by atoms with Gasteiger partial charge in [0.2, 0.25) is 0 Å². The summed E-state index contributed by atoms with van der Waals surface area (Å²) < 4.78 is 15.4. The van der Waals surface area contributed by atoms with Gasteiger partial charge in [-0.1, -0.05) is 45.2 Å². The van der Waals surface area contributed by atoms with Gasteiger partial charge in [0.15, 0.2) is 0 Å². The van der Waals surface area contributed by atoms with E-state index in [2.05, 4.69) is 31.9 Å². The minimum Gasteiger partial charge on any atom is -0.320 e. The van der Waals surface area contributed by atoms with E-state index >= 15 is 0 Å². The first-order valence-corrected chi connectivity index (χ1v) is 7.52. The highest BCUT2D eigenvalue weighted by molar-refractivity contribution is 9.10. The van der Waals surface area contributed by atoms with E-state index in [4.69, 9.17) is 17.3 Å². The molecule has 0 aliphatic heterocycles. The second-order valence-electron chi connectivity index (χ2n) is 4.29. The molecule has 2 N–H and O–H groups in total. The van der Waals surface area contributed by atoms with Crippen molar-refractivity contribution in [1.29, 1.82) is 0 Å². The average molecular weight is 408 g/mol. The Morgan fingerprint density at radius 3 is 2.47 bits per heavy atom. The molecule has 0 saturated carbocycles. The molecule has 1 unspecified atom stereocenters. The standard InChI is InChI=1S/C14H11Br2ClFN/c1-7-2-3-10(15)8(4-7)14(19)9-5-12(17)11(16)6-13(9)18/h2-6,14H,19H2,1H3. The van der Waals surface area contributed by atoms with Crippen molar-refractivity contribution in [3.05, 3.63) is 66.8 Å². The maximum atomic E-state index is 14.0. The summed E-state index contributed by atoms with van der Waals surface area (Å²) in [7, 11) is 0. The van der Waals surface area contributed by atoms with Crippen LogP contribution in [-0.2, 0) is 0 Å². The van der Waals surface area contributed by atoms with Crippen LogP contribution in [0.5, 0.6) is 0 Å². The van der Waals surface area contributed by atoms with E-state index < -0.39 is 6.04 Å². The van der Waals surface area contributed by atoms with E-state index in [0.717, 1.165) is 15.6 Å². The van der Waals surface area contributed by atoms with Crippen LogP contribution in [0.25, 0.3) is 0 Å². The monoisotopic (exact) mass is 405 g/mol. The Balaban J connectivity index is 2.52. The lowest BCUT2D eigenvalue weighted by Gasteiger charge is -2.16. The van der Waals surface area contributed by atoms with Crippen LogP contribution in [0.15, 0.2) is 39.3 Å². The summed E-state index contributed by atoms with van der Waals surface area (Å²) in [5, 5.41) is 0.440. The lowest BCUT2D eigenvalue weighted by atomic mass is 9.98. The molecular formula is C14H11Br2ClFN. The maximum absolute atomic E-state index is 14.0. The van der Waals surface area contributed by atoms with Crippen LogP contribution in [0.1, 0.15) is 22.7 Å². The summed E-state index contributed by atoms with van der Waals surface area (Å²) in [5.74, 6) is -0.378. The highest BCUT2D eigenvalue weighted by Crippen LogP contribution is 2.33. The van der Waals surface area contributed by atoms with Gasteiger partial charge < -0.3 is 5.73 Å². The van der Waals surface area contributed by atoms with Gasteiger partial charge in [-0.15, -0.1) is 0 Å². The van der Waals surface area contributed by atoms with Crippen molar-refractivity contribution in [2.45, 2.75) is 13.0 Å². The van der Waals surface area contributed by atoms with Crippen LogP contribution in [-0.4, -0.2) is 0 Å². The molecule has 2 aromatic carbocycles. The molecule has 0 radical (unpaired) electrons. The molecule has 0 heterocycles. The smallest absolute Gasteiger partial charge is 0.129 e. The Hall–Kier alpha value is -0.420. The second kappa shape index (κ2) is 5.92. The Morgan fingerprint density at radius 2 is 1.79 bits per heavy atom. The van der Waals surface area contributed by atoms with Gasteiger partial charge in [0, 0.05) is 14.5 Å². The summed E-state index contributed by atoms with van der Waals surface area (Å²) >= 11 is 12.6. The molecule has 0 fully saturated rings.